The van der Waals surface area contributed by atoms with Crippen LogP contribution in [0, 0.1) is 0 Å². The first kappa shape index (κ1) is 9.81. The number of hydrogen-bond donors (Lipinski definition) is 3. The van der Waals surface area contributed by atoms with Gasteiger partial charge in [-0.3, -0.25) is 0 Å². The molecule has 0 aliphatic carbocycles. The summed E-state index contributed by atoms with van der Waals surface area (Å²) in [5, 5.41) is 14.6. The lowest BCUT2D eigenvalue weighted by atomic mass is 9.94. The van der Waals surface area contributed by atoms with Crippen LogP contribution in [0.1, 0.15) is 12.0 Å². The average molecular weight is 217 g/mol. The second-order valence-corrected chi connectivity index (χ2v) is 4.54. The molecule has 1 atom stereocenters. The van der Waals surface area contributed by atoms with Crippen molar-refractivity contribution in [1.82, 2.24) is 15.3 Å². The quantitative estimate of drug-likeness (QED) is 0.698. The van der Waals surface area contributed by atoms with Gasteiger partial charge in [-0.25, -0.2) is 4.98 Å². The maximum atomic E-state index is 10.3. The van der Waals surface area contributed by atoms with E-state index in [4.69, 9.17) is 0 Å². The third kappa shape index (κ3) is 1.60. The topological polar surface area (TPSA) is 60.9 Å². The molecule has 3 N–H and O–H groups in total. The van der Waals surface area contributed by atoms with E-state index in [9.17, 15) is 5.11 Å². The Kier molecular flexibility index (Phi) is 2.19. The number of H-pyrrole nitrogens is 1. The van der Waals surface area contributed by atoms with Crippen LogP contribution in [0.25, 0.3) is 11.0 Å². The highest BCUT2D eigenvalue weighted by Gasteiger charge is 2.31. The Morgan fingerprint density at radius 1 is 1.50 bits per heavy atom. The number of β-amino-alcohol motifs (C(OH)–C–C–N with tert-alkyl or cyclic N) is 1. The largest absolute Gasteiger partial charge is 0.388 e. The normalized spacial score (nSPS) is 25.3. The van der Waals surface area contributed by atoms with E-state index in [2.05, 4.69) is 15.3 Å². The fourth-order valence-corrected chi connectivity index (χ4v) is 2.39. The van der Waals surface area contributed by atoms with Crippen LogP contribution in [0.15, 0.2) is 24.5 Å². The molecule has 0 bridgehead atoms. The third-order valence-corrected chi connectivity index (χ3v) is 3.28. The number of aromatic nitrogens is 2. The third-order valence-electron chi connectivity index (χ3n) is 3.28. The first-order chi connectivity index (χ1) is 7.77. The van der Waals surface area contributed by atoms with E-state index >= 15 is 0 Å². The van der Waals surface area contributed by atoms with Crippen molar-refractivity contribution in [2.24, 2.45) is 0 Å². The SMILES string of the molecule is OC1(Cc2c[nH]c3ncccc23)CCNC1. The van der Waals surface area contributed by atoms with Crippen molar-refractivity contribution in [3.05, 3.63) is 30.1 Å². The van der Waals surface area contributed by atoms with Gasteiger partial charge in [-0.05, 0) is 30.7 Å². The Morgan fingerprint density at radius 3 is 3.25 bits per heavy atom. The molecule has 1 aliphatic heterocycles. The lowest BCUT2D eigenvalue weighted by Crippen LogP contribution is -2.33. The highest BCUT2D eigenvalue weighted by Crippen LogP contribution is 2.24. The molecule has 0 amide bonds. The Bertz CT molecular complexity index is 500. The molecule has 16 heavy (non-hydrogen) atoms. The zero-order valence-electron chi connectivity index (χ0n) is 9.03. The van der Waals surface area contributed by atoms with Crippen molar-refractivity contribution in [3.8, 4) is 0 Å². The zero-order chi connectivity index (χ0) is 11.0. The van der Waals surface area contributed by atoms with Crippen molar-refractivity contribution >= 4 is 11.0 Å². The smallest absolute Gasteiger partial charge is 0.137 e. The molecule has 3 rings (SSSR count). The number of hydrogen-bond acceptors (Lipinski definition) is 3. The molecule has 1 saturated heterocycles. The number of aromatic amines is 1. The molecule has 2 aromatic rings. The number of pyridine rings is 1. The van der Waals surface area contributed by atoms with Crippen LogP contribution < -0.4 is 5.32 Å². The standard InChI is InChI=1S/C12H15N3O/c16-12(3-5-13-8-12)6-9-7-15-11-10(9)2-1-4-14-11/h1-2,4,7,13,16H,3,5-6,8H2,(H,14,15). The van der Waals surface area contributed by atoms with Gasteiger partial charge >= 0.3 is 0 Å². The highest BCUT2D eigenvalue weighted by molar-refractivity contribution is 5.79. The molecule has 1 fully saturated rings. The van der Waals surface area contributed by atoms with Crippen LogP contribution in [0.3, 0.4) is 0 Å². The van der Waals surface area contributed by atoms with E-state index in [1.54, 1.807) is 6.20 Å². The van der Waals surface area contributed by atoms with Gasteiger partial charge in [0, 0.05) is 30.7 Å². The molecule has 3 heterocycles. The molecule has 1 unspecified atom stereocenters. The van der Waals surface area contributed by atoms with Gasteiger partial charge in [-0.2, -0.15) is 0 Å². The second-order valence-electron chi connectivity index (χ2n) is 4.54. The van der Waals surface area contributed by atoms with Crippen LogP contribution in [0.2, 0.25) is 0 Å². The predicted octanol–water partition coefficient (Wildman–Crippen LogP) is 0.830. The van der Waals surface area contributed by atoms with Gasteiger partial charge in [-0.15, -0.1) is 0 Å². The predicted molar refractivity (Wildman–Crippen MR) is 62.2 cm³/mol. The monoisotopic (exact) mass is 217 g/mol. The Balaban J connectivity index is 1.94. The highest BCUT2D eigenvalue weighted by atomic mass is 16.3. The Morgan fingerprint density at radius 2 is 2.44 bits per heavy atom. The Labute approximate surface area is 93.7 Å². The van der Waals surface area contributed by atoms with E-state index in [1.807, 2.05) is 18.3 Å². The summed E-state index contributed by atoms with van der Waals surface area (Å²) in [4.78, 5) is 7.38. The fraction of sp³-hybridized carbons (Fsp3) is 0.417. The van der Waals surface area contributed by atoms with Gasteiger partial charge in [0.25, 0.3) is 0 Å². The fourth-order valence-electron chi connectivity index (χ4n) is 2.39. The summed E-state index contributed by atoms with van der Waals surface area (Å²) < 4.78 is 0. The van der Waals surface area contributed by atoms with E-state index in [1.165, 1.54) is 0 Å². The number of nitrogens with one attached hydrogen (secondary N) is 2. The van der Waals surface area contributed by atoms with Crippen LogP contribution >= 0.6 is 0 Å². The first-order valence-corrected chi connectivity index (χ1v) is 5.61. The van der Waals surface area contributed by atoms with Crippen molar-refractivity contribution < 1.29 is 5.11 Å². The number of nitrogens with zero attached hydrogens (tertiary/aromatic N) is 1. The van der Waals surface area contributed by atoms with Gasteiger partial charge in [0.2, 0.25) is 0 Å². The molecular weight excluding hydrogens is 202 g/mol. The first-order valence-electron chi connectivity index (χ1n) is 5.61. The summed E-state index contributed by atoms with van der Waals surface area (Å²) in [6.45, 7) is 1.58. The lowest BCUT2D eigenvalue weighted by Gasteiger charge is -2.20. The molecular formula is C12H15N3O. The van der Waals surface area contributed by atoms with Crippen LogP contribution in [0.5, 0.6) is 0 Å². The van der Waals surface area contributed by atoms with Gasteiger partial charge < -0.3 is 15.4 Å². The molecule has 0 radical (unpaired) electrons. The lowest BCUT2D eigenvalue weighted by molar-refractivity contribution is 0.0622. The number of rotatable bonds is 2. The zero-order valence-corrected chi connectivity index (χ0v) is 9.03. The van der Waals surface area contributed by atoms with Gasteiger partial charge in [-0.1, -0.05) is 0 Å². The number of aliphatic hydroxyl groups is 1. The van der Waals surface area contributed by atoms with E-state index in [-0.39, 0.29) is 0 Å². The van der Waals surface area contributed by atoms with Crippen molar-refractivity contribution in [2.45, 2.75) is 18.4 Å². The van der Waals surface area contributed by atoms with Crippen LogP contribution in [-0.2, 0) is 6.42 Å². The van der Waals surface area contributed by atoms with Gasteiger partial charge in [0.15, 0.2) is 0 Å². The summed E-state index contributed by atoms with van der Waals surface area (Å²) in [6.07, 6.45) is 5.23. The summed E-state index contributed by atoms with van der Waals surface area (Å²) in [5.74, 6) is 0. The van der Waals surface area contributed by atoms with E-state index in [0.29, 0.717) is 13.0 Å². The summed E-state index contributed by atoms with van der Waals surface area (Å²) in [6, 6.07) is 3.97. The summed E-state index contributed by atoms with van der Waals surface area (Å²) in [5.41, 5.74) is 1.45. The number of fused-ring (bicyclic) bond motifs is 1. The Hall–Kier alpha value is -1.39. The summed E-state index contributed by atoms with van der Waals surface area (Å²) in [7, 11) is 0. The summed E-state index contributed by atoms with van der Waals surface area (Å²) >= 11 is 0. The minimum Gasteiger partial charge on any atom is -0.388 e. The van der Waals surface area contributed by atoms with Crippen molar-refractivity contribution in [3.63, 3.8) is 0 Å². The molecule has 0 aromatic carbocycles. The van der Waals surface area contributed by atoms with Crippen LogP contribution in [-0.4, -0.2) is 33.8 Å². The molecule has 0 saturated carbocycles. The maximum Gasteiger partial charge on any atom is 0.137 e. The van der Waals surface area contributed by atoms with Crippen molar-refractivity contribution in [1.29, 1.82) is 0 Å². The minimum absolute atomic E-state index is 0.592. The molecule has 2 aromatic heterocycles. The van der Waals surface area contributed by atoms with Gasteiger partial charge in [0.1, 0.15) is 5.65 Å². The second kappa shape index (κ2) is 3.57. The van der Waals surface area contributed by atoms with E-state index in [0.717, 1.165) is 29.6 Å². The van der Waals surface area contributed by atoms with Crippen LogP contribution in [0.4, 0.5) is 0 Å². The van der Waals surface area contributed by atoms with Crippen molar-refractivity contribution in [2.75, 3.05) is 13.1 Å². The molecule has 4 heteroatoms. The maximum absolute atomic E-state index is 10.3. The van der Waals surface area contributed by atoms with E-state index < -0.39 is 5.60 Å². The molecule has 1 aliphatic rings. The van der Waals surface area contributed by atoms with Gasteiger partial charge in [0.05, 0.1) is 5.60 Å². The minimum atomic E-state index is -0.592. The molecule has 4 nitrogen and oxygen atoms in total. The molecule has 0 spiro atoms. The molecule has 84 valence electrons. The average Bonchev–Trinajstić information content (AvgIpc) is 2.87.